The molecule has 30 heavy (non-hydrogen) atoms. The number of aromatic nitrogens is 2. The summed E-state index contributed by atoms with van der Waals surface area (Å²) in [6.07, 6.45) is 5.09. The lowest BCUT2D eigenvalue weighted by Crippen LogP contribution is -2.37. The van der Waals surface area contributed by atoms with Crippen LogP contribution < -0.4 is 5.32 Å². The van der Waals surface area contributed by atoms with Gasteiger partial charge >= 0.3 is 0 Å². The van der Waals surface area contributed by atoms with Crippen molar-refractivity contribution in [2.45, 2.75) is 38.3 Å². The van der Waals surface area contributed by atoms with Gasteiger partial charge in [-0.05, 0) is 79.5 Å². The van der Waals surface area contributed by atoms with Gasteiger partial charge in [-0.3, -0.25) is 4.79 Å². The molecule has 0 aliphatic heterocycles. The van der Waals surface area contributed by atoms with Crippen LogP contribution in [0, 0.1) is 29.1 Å². The molecule has 2 fully saturated rings. The van der Waals surface area contributed by atoms with Crippen molar-refractivity contribution in [3.05, 3.63) is 64.9 Å². The van der Waals surface area contributed by atoms with Crippen molar-refractivity contribution in [1.82, 2.24) is 14.9 Å². The third-order valence-electron chi connectivity index (χ3n) is 6.91. The molecule has 6 heteroatoms. The maximum atomic E-state index is 12.6. The Morgan fingerprint density at radius 3 is 2.67 bits per heavy atom. The Morgan fingerprint density at radius 1 is 1.27 bits per heavy atom. The number of nitriles is 1. The van der Waals surface area contributed by atoms with Crippen LogP contribution in [0.5, 0.6) is 0 Å². The number of rotatable bonds is 5. The molecule has 2 saturated carbocycles. The van der Waals surface area contributed by atoms with Crippen molar-refractivity contribution in [3.63, 3.8) is 0 Å². The molecule has 0 spiro atoms. The molecule has 0 bridgehead atoms. The first-order valence-electron chi connectivity index (χ1n) is 10.5. The predicted molar refractivity (Wildman–Crippen MR) is 116 cm³/mol. The third kappa shape index (κ3) is 3.26. The van der Waals surface area contributed by atoms with Gasteiger partial charge in [-0.25, -0.2) is 4.98 Å². The third-order valence-corrected chi connectivity index (χ3v) is 7.16. The molecule has 2 aromatic carbocycles. The quantitative estimate of drug-likeness (QED) is 0.636. The van der Waals surface area contributed by atoms with Crippen LogP contribution in [0.15, 0.2) is 48.8 Å². The van der Waals surface area contributed by atoms with E-state index in [0.29, 0.717) is 39.9 Å². The fourth-order valence-corrected chi connectivity index (χ4v) is 5.53. The second-order valence-electron chi connectivity index (χ2n) is 8.49. The minimum absolute atomic E-state index is 0.0195. The number of fused-ring (bicyclic) bond motifs is 2. The average Bonchev–Trinajstić information content (AvgIpc) is 3.09. The number of nitrogens with one attached hydrogen (secondary N) is 1. The van der Waals surface area contributed by atoms with E-state index in [1.165, 1.54) is 0 Å². The molecule has 2 aliphatic carbocycles. The second kappa shape index (κ2) is 7.45. The Hall–Kier alpha value is -2.84. The van der Waals surface area contributed by atoms with Gasteiger partial charge in [0.05, 0.1) is 29.0 Å². The molecular weight excluding hydrogens is 396 g/mol. The highest BCUT2D eigenvalue weighted by molar-refractivity contribution is 6.30. The van der Waals surface area contributed by atoms with Crippen molar-refractivity contribution in [3.8, 4) is 6.07 Å². The lowest BCUT2D eigenvalue weighted by atomic mass is 9.98. The molecule has 1 amide bonds. The molecule has 1 heterocycles. The SMILES string of the molecule is CCC(NC(=O)c1ccc(Cl)cc1)C1[C@H]2CC(n3cnc4cc(C#N)ccc43)C[C@@H]12. The van der Waals surface area contributed by atoms with Crippen LogP contribution in [0.4, 0.5) is 0 Å². The molecule has 0 radical (unpaired) electrons. The molecule has 3 unspecified atom stereocenters. The van der Waals surface area contributed by atoms with Crippen LogP contribution in [0.2, 0.25) is 5.02 Å². The summed E-state index contributed by atoms with van der Waals surface area (Å²) in [6, 6.07) is 15.6. The van der Waals surface area contributed by atoms with Crippen LogP contribution in [-0.4, -0.2) is 21.5 Å². The minimum atomic E-state index is -0.0195. The summed E-state index contributed by atoms with van der Waals surface area (Å²) in [4.78, 5) is 17.1. The Kier molecular flexibility index (Phi) is 4.75. The summed E-state index contributed by atoms with van der Waals surface area (Å²) in [6.45, 7) is 2.15. The molecule has 0 saturated heterocycles. The Bertz CT molecular complexity index is 1130. The Morgan fingerprint density at radius 2 is 2.00 bits per heavy atom. The Labute approximate surface area is 180 Å². The average molecular weight is 419 g/mol. The summed E-state index contributed by atoms with van der Waals surface area (Å²) in [5.41, 5.74) is 3.28. The number of hydrogen-bond acceptors (Lipinski definition) is 3. The molecule has 152 valence electrons. The van der Waals surface area contributed by atoms with E-state index < -0.39 is 0 Å². The van der Waals surface area contributed by atoms with E-state index in [-0.39, 0.29) is 11.9 Å². The fourth-order valence-electron chi connectivity index (χ4n) is 5.40. The minimum Gasteiger partial charge on any atom is -0.349 e. The normalized spacial score (nSPS) is 25.5. The van der Waals surface area contributed by atoms with Crippen molar-refractivity contribution < 1.29 is 4.79 Å². The maximum absolute atomic E-state index is 12.6. The van der Waals surface area contributed by atoms with E-state index >= 15 is 0 Å². The summed E-state index contributed by atoms with van der Waals surface area (Å²) >= 11 is 5.93. The van der Waals surface area contributed by atoms with Crippen molar-refractivity contribution in [2.75, 3.05) is 0 Å². The van der Waals surface area contributed by atoms with E-state index in [2.05, 4.69) is 27.9 Å². The van der Waals surface area contributed by atoms with Gasteiger partial charge in [-0.15, -0.1) is 0 Å². The molecule has 5 rings (SSSR count). The van der Waals surface area contributed by atoms with Crippen molar-refractivity contribution >= 4 is 28.5 Å². The first-order chi connectivity index (χ1) is 14.6. The number of halogens is 1. The zero-order chi connectivity index (χ0) is 20.8. The molecule has 2 aliphatic rings. The Balaban J connectivity index is 1.25. The van der Waals surface area contributed by atoms with E-state index in [1.54, 1.807) is 24.3 Å². The summed E-state index contributed by atoms with van der Waals surface area (Å²) in [5.74, 6) is 1.85. The highest BCUT2D eigenvalue weighted by atomic mass is 35.5. The lowest BCUT2D eigenvalue weighted by Gasteiger charge is -2.22. The van der Waals surface area contributed by atoms with Gasteiger partial charge in [-0.1, -0.05) is 18.5 Å². The van der Waals surface area contributed by atoms with Gasteiger partial charge in [0.1, 0.15) is 0 Å². The topological polar surface area (TPSA) is 70.7 Å². The van der Waals surface area contributed by atoms with Crippen LogP contribution in [0.1, 0.15) is 48.1 Å². The highest BCUT2D eigenvalue weighted by Crippen LogP contribution is 2.62. The largest absolute Gasteiger partial charge is 0.349 e. The number of hydrogen-bond donors (Lipinski definition) is 1. The first kappa shape index (κ1) is 19.1. The van der Waals surface area contributed by atoms with Gasteiger partial charge in [0.25, 0.3) is 5.91 Å². The fraction of sp³-hybridized carbons (Fsp3) is 0.375. The predicted octanol–water partition coefficient (Wildman–Crippen LogP) is 4.97. The van der Waals surface area contributed by atoms with Gasteiger partial charge in [-0.2, -0.15) is 5.26 Å². The number of carbonyl (C=O) groups excluding carboxylic acids is 1. The molecular formula is C24H23ClN4O. The molecule has 3 aromatic rings. The van der Waals surface area contributed by atoms with Gasteiger partial charge < -0.3 is 9.88 Å². The zero-order valence-electron chi connectivity index (χ0n) is 16.8. The molecule has 5 nitrogen and oxygen atoms in total. The smallest absolute Gasteiger partial charge is 0.251 e. The van der Waals surface area contributed by atoms with Gasteiger partial charge in [0, 0.05) is 22.7 Å². The van der Waals surface area contributed by atoms with E-state index in [0.717, 1.165) is 30.3 Å². The zero-order valence-corrected chi connectivity index (χ0v) is 17.5. The van der Waals surface area contributed by atoms with Crippen LogP contribution in [-0.2, 0) is 0 Å². The maximum Gasteiger partial charge on any atom is 0.251 e. The summed E-state index contributed by atoms with van der Waals surface area (Å²) < 4.78 is 2.27. The standard InChI is InChI=1S/C24H23ClN4O/c1-2-20(28-24(30)15-4-6-16(25)7-5-15)23-18-10-17(11-19(18)23)29-13-27-21-9-14(12-26)3-8-22(21)29/h3-9,13,17-20,23H,2,10-11H2,1H3,(H,28,30)/t17?,18-,19+,20?,23?. The van der Waals surface area contributed by atoms with Gasteiger partial charge in [0.15, 0.2) is 0 Å². The molecule has 5 atom stereocenters. The number of amides is 1. The summed E-state index contributed by atoms with van der Waals surface area (Å²) in [5, 5.41) is 13.0. The molecule has 1 N–H and O–H groups in total. The number of imidazole rings is 1. The number of nitrogens with zero attached hydrogens (tertiary/aromatic N) is 3. The monoisotopic (exact) mass is 418 g/mol. The van der Waals surface area contributed by atoms with Gasteiger partial charge in [0.2, 0.25) is 0 Å². The number of carbonyl (C=O) groups is 1. The van der Waals surface area contributed by atoms with E-state index in [4.69, 9.17) is 16.9 Å². The number of benzene rings is 2. The van der Waals surface area contributed by atoms with Crippen LogP contribution >= 0.6 is 11.6 Å². The van der Waals surface area contributed by atoms with Crippen molar-refractivity contribution in [2.24, 2.45) is 17.8 Å². The van der Waals surface area contributed by atoms with E-state index in [1.807, 2.05) is 24.5 Å². The van der Waals surface area contributed by atoms with E-state index in [9.17, 15) is 4.79 Å². The first-order valence-corrected chi connectivity index (χ1v) is 10.9. The van der Waals surface area contributed by atoms with Crippen molar-refractivity contribution in [1.29, 1.82) is 5.26 Å². The second-order valence-corrected chi connectivity index (χ2v) is 8.93. The highest BCUT2D eigenvalue weighted by Gasteiger charge is 2.59. The summed E-state index contributed by atoms with van der Waals surface area (Å²) in [7, 11) is 0. The van der Waals surface area contributed by atoms with Crippen LogP contribution in [0.25, 0.3) is 11.0 Å². The molecule has 1 aromatic heterocycles. The van der Waals surface area contributed by atoms with Crippen LogP contribution in [0.3, 0.4) is 0 Å². The lowest BCUT2D eigenvalue weighted by molar-refractivity contribution is 0.0927.